The number of aromatic amines is 1. The molecule has 0 amide bonds. The number of methoxy groups -OCH3 is 1. The molecule has 2 aromatic rings. The lowest BCUT2D eigenvalue weighted by atomic mass is 9.86. The third kappa shape index (κ3) is 3.63. The van der Waals surface area contributed by atoms with Crippen LogP contribution in [0.25, 0.3) is 0 Å². The van der Waals surface area contributed by atoms with Gasteiger partial charge in [-0.05, 0) is 29.9 Å². The lowest BCUT2D eigenvalue weighted by Crippen LogP contribution is -2.27. The van der Waals surface area contributed by atoms with E-state index in [0.29, 0.717) is 0 Å². The Morgan fingerprint density at radius 2 is 2.25 bits per heavy atom. The lowest BCUT2D eigenvalue weighted by molar-refractivity contribution is 0.414. The van der Waals surface area contributed by atoms with Crippen LogP contribution in [0.1, 0.15) is 16.4 Å². The first-order valence-electron chi connectivity index (χ1n) is 7.17. The van der Waals surface area contributed by atoms with Crippen molar-refractivity contribution in [3.05, 3.63) is 44.4 Å². The number of hydrazone groups is 1. The minimum atomic E-state index is -0.0372. The zero-order valence-electron chi connectivity index (χ0n) is 12.8. The highest BCUT2D eigenvalue weighted by Gasteiger charge is 2.33. The summed E-state index contributed by atoms with van der Waals surface area (Å²) in [6, 6.07) is 7.89. The molecule has 0 fully saturated rings. The number of nitrogens with zero attached hydrogens (tertiary/aromatic N) is 1. The quantitative estimate of drug-likeness (QED) is 0.427. The van der Waals surface area contributed by atoms with Gasteiger partial charge in [-0.15, -0.1) is 11.8 Å². The third-order valence-corrected chi connectivity index (χ3v) is 6.04. The highest BCUT2D eigenvalue weighted by atomic mass is 32.2. The van der Waals surface area contributed by atoms with Crippen molar-refractivity contribution >= 4 is 46.6 Å². The molecule has 6 nitrogen and oxygen atoms in total. The van der Waals surface area contributed by atoms with Crippen molar-refractivity contribution in [3.63, 3.8) is 0 Å². The molecule has 3 rings (SSSR count). The van der Waals surface area contributed by atoms with Gasteiger partial charge < -0.3 is 15.5 Å². The summed E-state index contributed by atoms with van der Waals surface area (Å²) in [5.74, 6) is 1.77. The fourth-order valence-corrected chi connectivity index (χ4v) is 5.07. The molecule has 0 aliphatic carbocycles. The van der Waals surface area contributed by atoms with E-state index in [1.807, 2.05) is 30.5 Å². The van der Waals surface area contributed by atoms with Gasteiger partial charge in [-0.25, -0.2) is 0 Å². The van der Waals surface area contributed by atoms with E-state index in [9.17, 15) is 4.79 Å². The van der Waals surface area contributed by atoms with E-state index in [-0.39, 0.29) is 21.8 Å². The number of rotatable bonds is 4. The van der Waals surface area contributed by atoms with Crippen LogP contribution < -0.4 is 20.8 Å². The van der Waals surface area contributed by atoms with E-state index in [0.717, 1.165) is 27.0 Å². The summed E-state index contributed by atoms with van der Waals surface area (Å²) in [4.78, 5) is 15.7. The molecule has 0 spiro atoms. The number of hydrogen-bond acceptors (Lipinski definition) is 6. The second kappa shape index (κ2) is 7.37. The van der Waals surface area contributed by atoms with Gasteiger partial charge in [0.1, 0.15) is 5.75 Å². The first kappa shape index (κ1) is 17.0. The van der Waals surface area contributed by atoms with Crippen LogP contribution in [0, 0.1) is 5.92 Å². The maximum Gasteiger partial charge on any atom is 0.305 e. The lowest BCUT2D eigenvalue weighted by Gasteiger charge is -2.28. The summed E-state index contributed by atoms with van der Waals surface area (Å²) in [6.45, 7) is 0. The summed E-state index contributed by atoms with van der Waals surface area (Å²) >= 11 is 7.65. The fourth-order valence-electron chi connectivity index (χ4n) is 2.64. The Bertz CT molecular complexity index is 813. The summed E-state index contributed by atoms with van der Waals surface area (Å²) < 4.78 is 5.23. The van der Waals surface area contributed by atoms with Gasteiger partial charge >= 0.3 is 4.87 Å². The summed E-state index contributed by atoms with van der Waals surface area (Å²) in [5, 5.41) is 5.19. The number of H-pyrrole nitrogens is 1. The number of benzene rings is 1. The van der Waals surface area contributed by atoms with Gasteiger partial charge in [0.15, 0.2) is 5.11 Å². The Morgan fingerprint density at radius 3 is 2.92 bits per heavy atom. The SMILES string of the molecule is COc1ccc([C@H]2c3sc(=O)[nH]c3SC[C@H]2/C=N\NC(N)=S)cc1. The van der Waals surface area contributed by atoms with Gasteiger partial charge in [-0.3, -0.25) is 10.2 Å². The monoisotopic (exact) mass is 380 g/mol. The maximum absolute atomic E-state index is 11.8. The molecule has 0 radical (unpaired) electrons. The first-order valence-corrected chi connectivity index (χ1v) is 9.38. The second-order valence-electron chi connectivity index (χ2n) is 5.19. The fraction of sp³-hybridized carbons (Fsp3) is 0.267. The van der Waals surface area contributed by atoms with Crippen molar-refractivity contribution in [1.82, 2.24) is 10.4 Å². The number of fused-ring (bicyclic) bond motifs is 1. The van der Waals surface area contributed by atoms with Gasteiger partial charge in [0.25, 0.3) is 0 Å². The second-order valence-corrected chi connectivity index (χ2v) is 7.67. The number of thioether (sulfide) groups is 1. The van der Waals surface area contributed by atoms with Gasteiger partial charge in [0.05, 0.1) is 12.1 Å². The van der Waals surface area contributed by atoms with Crippen molar-refractivity contribution < 1.29 is 4.74 Å². The summed E-state index contributed by atoms with van der Waals surface area (Å²) in [7, 11) is 1.64. The van der Waals surface area contributed by atoms with Crippen LogP contribution in [-0.4, -0.2) is 29.2 Å². The Morgan fingerprint density at radius 1 is 1.50 bits per heavy atom. The van der Waals surface area contributed by atoms with E-state index >= 15 is 0 Å². The zero-order chi connectivity index (χ0) is 17.1. The number of aromatic nitrogens is 1. The molecule has 0 bridgehead atoms. The van der Waals surface area contributed by atoms with Crippen LogP contribution >= 0.6 is 35.3 Å². The minimum Gasteiger partial charge on any atom is -0.497 e. The van der Waals surface area contributed by atoms with E-state index in [1.54, 1.807) is 18.9 Å². The normalized spacial score (nSPS) is 19.9. The van der Waals surface area contributed by atoms with E-state index in [2.05, 4.69) is 15.5 Å². The number of nitrogens with one attached hydrogen (secondary N) is 2. The average molecular weight is 381 g/mol. The zero-order valence-corrected chi connectivity index (χ0v) is 15.3. The van der Waals surface area contributed by atoms with Crippen LogP contribution in [0.2, 0.25) is 0 Å². The first-order chi connectivity index (χ1) is 11.6. The molecule has 126 valence electrons. The Balaban J connectivity index is 1.97. The standard InChI is InChI=1S/C15H16N4O2S3/c1-21-10-4-2-8(3-5-10)11-9(6-17-19-14(16)22)7-23-13-12(11)24-15(20)18-13/h2-6,9,11H,7H2,1H3,(H,18,20)(H3,16,19,22)/b17-6-/t9-,11-/m1/s1. The molecule has 1 aliphatic heterocycles. The molecule has 2 atom stereocenters. The number of ether oxygens (including phenoxy) is 1. The molecule has 0 saturated heterocycles. The van der Waals surface area contributed by atoms with E-state index in [4.69, 9.17) is 22.7 Å². The number of hydrogen-bond donors (Lipinski definition) is 3. The predicted molar refractivity (Wildman–Crippen MR) is 102 cm³/mol. The summed E-state index contributed by atoms with van der Waals surface area (Å²) in [6.07, 6.45) is 1.81. The predicted octanol–water partition coefficient (Wildman–Crippen LogP) is 2.12. The molecule has 1 aromatic heterocycles. The van der Waals surface area contributed by atoms with Gasteiger partial charge in [0, 0.05) is 28.7 Å². The minimum absolute atomic E-state index is 0.0372. The van der Waals surface area contributed by atoms with Gasteiger partial charge in [-0.2, -0.15) is 5.10 Å². The van der Waals surface area contributed by atoms with E-state index in [1.165, 1.54) is 11.3 Å². The largest absolute Gasteiger partial charge is 0.497 e. The van der Waals surface area contributed by atoms with Crippen LogP contribution in [0.4, 0.5) is 0 Å². The summed E-state index contributed by atoms with van der Waals surface area (Å²) in [5.41, 5.74) is 9.11. The van der Waals surface area contributed by atoms with Crippen molar-refractivity contribution in [2.75, 3.05) is 12.9 Å². The molecule has 0 unspecified atom stereocenters. The topological polar surface area (TPSA) is 92.5 Å². The maximum atomic E-state index is 11.8. The molecule has 2 heterocycles. The highest BCUT2D eigenvalue weighted by molar-refractivity contribution is 7.99. The van der Waals surface area contributed by atoms with E-state index < -0.39 is 0 Å². The Labute approximate surface area is 152 Å². The van der Waals surface area contributed by atoms with Crippen LogP contribution in [0.5, 0.6) is 5.75 Å². The number of nitrogens with two attached hydrogens (primary N) is 1. The van der Waals surface area contributed by atoms with Crippen molar-refractivity contribution in [2.45, 2.75) is 10.9 Å². The van der Waals surface area contributed by atoms with Crippen LogP contribution in [0.3, 0.4) is 0 Å². The van der Waals surface area contributed by atoms with Crippen molar-refractivity contribution in [1.29, 1.82) is 0 Å². The Kier molecular flexibility index (Phi) is 5.22. The number of thiazole rings is 1. The molecule has 4 N–H and O–H groups in total. The van der Waals surface area contributed by atoms with Gasteiger partial charge in [0.2, 0.25) is 0 Å². The van der Waals surface area contributed by atoms with Crippen LogP contribution in [-0.2, 0) is 0 Å². The average Bonchev–Trinajstić information content (AvgIpc) is 2.94. The molecule has 1 aliphatic rings. The number of thiocarbonyl (C=S) groups is 1. The molecular weight excluding hydrogens is 364 g/mol. The smallest absolute Gasteiger partial charge is 0.305 e. The molecule has 9 heteroatoms. The molecule has 0 saturated carbocycles. The highest BCUT2D eigenvalue weighted by Crippen LogP contribution is 2.44. The molecule has 1 aromatic carbocycles. The van der Waals surface area contributed by atoms with Crippen molar-refractivity contribution in [2.24, 2.45) is 16.8 Å². The third-order valence-electron chi connectivity index (χ3n) is 3.69. The Hall–Kier alpha value is -1.84. The molecular formula is C15H16N4O2S3. The van der Waals surface area contributed by atoms with Gasteiger partial charge in [-0.1, -0.05) is 23.5 Å². The van der Waals surface area contributed by atoms with Crippen LogP contribution in [0.15, 0.2) is 39.2 Å². The molecule has 24 heavy (non-hydrogen) atoms. The van der Waals surface area contributed by atoms with Crippen molar-refractivity contribution in [3.8, 4) is 5.75 Å².